The van der Waals surface area contributed by atoms with Gasteiger partial charge in [0, 0.05) is 23.4 Å². The monoisotopic (exact) mass is 343 g/mol. The van der Waals surface area contributed by atoms with Gasteiger partial charge in [-0.1, -0.05) is 87.0 Å². The summed E-state index contributed by atoms with van der Waals surface area (Å²) in [6, 6.07) is 0. The summed E-state index contributed by atoms with van der Waals surface area (Å²) in [5, 5.41) is -0.0714. The molecule has 1 aliphatic heterocycles. The fraction of sp³-hybridized carbons (Fsp3) is 1.00. The first kappa shape index (κ1) is 21.2. The Morgan fingerprint density at radius 2 is 1.17 bits per heavy atom. The second-order valence-corrected chi connectivity index (χ2v) is 12.7. The van der Waals surface area contributed by atoms with E-state index in [0.717, 1.165) is 13.1 Å². The first-order valence-electron chi connectivity index (χ1n) is 10.0. The Morgan fingerprint density at radius 3 is 1.52 bits per heavy atom. The molecule has 0 unspecified atom stereocenters. The van der Waals surface area contributed by atoms with E-state index in [2.05, 4.69) is 53.1 Å². The van der Waals surface area contributed by atoms with E-state index in [-0.39, 0.29) is 10.3 Å². The molecular weight excluding hydrogens is 301 g/mol. The summed E-state index contributed by atoms with van der Waals surface area (Å²) in [6.45, 7) is 17.8. The molecule has 138 valence electrons. The summed E-state index contributed by atoms with van der Waals surface area (Å²) in [4.78, 5) is 0. The third-order valence-corrected chi connectivity index (χ3v) is 11.7. The van der Waals surface area contributed by atoms with Gasteiger partial charge in [-0.05, 0) is 18.8 Å². The standard InChI is InChI=1S/C20H42NOP/c1-8-10-12-14-16-21(17-15-13-11-9-2)23(22)19(4,5)18(3)20(23,6)7/h18H,8-17H2,1-7H3. The van der Waals surface area contributed by atoms with E-state index in [4.69, 9.17) is 0 Å². The van der Waals surface area contributed by atoms with Gasteiger partial charge >= 0.3 is 0 Å². The first-order valence-corrected chi connectivity index (χ1v) is 11.7. The van der Waals surface area contributed by atoms with Crippen LogP contribution in [-0.2, 0) is 4.57 Å². The van der Waals surface area contributed by atoms with Crippen molar-refractivity contribution in [3.63, 3.8) is 0 Å². The topological polar surface area (TPSA) is 20.3 Å². The summed E-state index contributed by atoms with van der Waals surface area (Å²) in [5.74, 6) is 0.523. The highest BCUT2D eigenvalue weighted by Gasteiger charge is 2.69. The first-order chi connectivity index (χ1) is 10.7. The molecule has 2 nitrogen and oxygen atoms in total. The van der Waals surface area contributed by atoms with Crippen molar-refractivity contribution in [3.8, 4) is 0 Å². The molecule has 0 radical (unpaired) electrons. The molecule has 0 aliphatic carbocycles. The van der Waals surface area contributed by atoms with Crippen LogP contribution >= 0.6 is 7.29 Å². The Morgan fingerprint density at radius 1 is 0.783 bits per heavy atom. The van der Waals surface area contributed by atoms with Crippen LogP contribution in [-0.4, -0.2) is 28.1 Å². The minimum atomic E-state index is -2.33. The summed E-state index contributed by atoms with van der Waals surface area (Å²) in [6.07, 6.45) is 10.1. The van der Waals surface area contributed by atoms with Crippen molar-refractivity contribution in [2.75, 3.05) is 13.1 Å². The molecule has 3 heteroatoms. The molecule has 1 saturated heterocycles. The van der Waals surface area contributed by atoms with E-state index in [0.29, 0.717) is 5.92 Å². The fourth-order valence-electron chi connectivity index (χ4n) is 4.63. The zero-order valence-corrected chi connectivity index (χ0v) is 17.8. The Labute approximate surface area is 146 Å². The highest BCUT2D eigenvalue weighted by Crippen LogP contribution is 2.83. The molecule has 0 atom stereocenters. The van der Waals surface area contributed by atoms with Crippen molar-refractivity contribution in [1.82, 2.24) is 4.67 Å². The van der Waals surface area contributed by atoms with Gasteiger partial charge in [-0.15, -0.1) is 0 Å². The van der Waals surface area contributed by atoms with Gasteiger partial charge in [0.05, 0.1) is 0 Å². The van der Waals surface area contributed by atoms with E-state index in [1.54, 1.807) is 0 Å². The van der Waals surface area contributed by atoms with Crippen LogP contribution < -0.4 is 0 Å². The highest BCUT2D eigenvalue weighted by atomic mass is 31.2. The fourth-order valence-corrected chi connectivity index (χ4v) is 9.91. The average Bonchev–Trinajstić information content (AvgIpc) is 2.51. The van der Waals surface area contributed by atoms with E-state index >= 15 is 0 Å². The lowest BCUT2D eigenvalue weighted by Crippen LogP contribution is -2.61. The molecule has 0 aromatic carbocycles. The Kier molecular flexibility index (Phi) is 7.87. The van der Waals surface area contributed by atoms with Crippen LogP contribution in [0.4, 0.5) is 0 Å². The van der Waals surface area contributed by atoms with Gasteiger partial charge in [0.2, 0.25) is 0 Å². The number of hydrogen-bond acceptors (Lipinski definition) is 1. The van der Waals surface area contributed by atoms with Crippen molar-refractivity contribution in [2.24, 2.45) is 5.92 Å². The van der Waals surface area contributed by atoms with Crippen molar-refractivity contribution in [3.05, 3.63) is 0 Å². The molecule has 1 rings (SSSR count). The maximum absolute atomic E-state index is 14.1. The SMILES string of the molecule is CCCCCCN(CCCCCC)P1(=O)C(C)(C)C(C)C1(C)C. The molecule has 0 aromatic rings. The van der Waals surface area contributed by atoms with Gasteiger partial charge in [0.25, 0.3) is 0 Å². The van der Waals surface area contributed by atoms with Gasteiger partial charge in [-0.2, -0.15) is 0 Å². The maximum Gasteiger partial charge on any atom is 0.161 e. The normalized spacial score (nSPS) is 28.8. The smallest absolute Gasteiger partial charge is 0.161 e. The van der Waals surface area contributed by atoms with Gasteiger partial charge in [-0.25, -0.2) is 0 Å². The van der Waals surface area contributed by atoms with E-state index in [1.165, 1.54) is 51.4 Å². The molecule has 1 heterocycles. The summed E-state index contributed by atoms with van der Waals surface area (Å²) in [5.41, 5.74) is 0. The number of hydrogen-bond donors (Lipinski definition) is 0. The summed E-state index contributed by atoms with van der Waals surface area (Å²) >= 11 is 0. The van der Waals surface area contributed by atoms with E-state index in [9.17, 15) is 4.57 Å². The minimum Gasteiger partial charge on any atom is -0.305 e. The van der Waals surface area contributed by atoms with Crippen molar-refractivity contribution in [1.29, 1.82) is 0 Å². The number of nitrogens with zero attached hydrogens (tertiary/aromatic N) is 1. The van der Waals surface area contributed by atoms with Gasteiger partial charge in [0.15, 0.2) is 7.29 Å². The van der Waals surface area contributed by atoms with Crippen LogP contribution in [0.5, 0.6) is 0 Å². The van der Waals surface area contributed by atoms with E-state index in [1.807, 2.05) is 0 Å². The molecule has 0 amide bonds. The third-order valence-electron chi connectivity index (χ3n) is 6.62. The lowest BCUT2D eigenvalue weighted by Gasteiger charge is -2.65. The van der Waals surface area contributed by atoms with Crippen LogP contribution in [0.3, 0.4) is 0 Å². The Balaban J connectivity index is 2.82. The van der Waals surface area contributed by atoms with Crippen molar-refractivity contribution >= 4 is 7.29 Å². The summed E-state index contributed by atoms with van der Waals surface area (Å²) in [7, 11) is -2.33. The molecule has 1 aliphatic rings. The molecule has 0 saturated carbocycles. The van der Waals surface area contributed by atoms with Gasteiger partial charge < -0.3 is 4.57 Å². The Bertz CT molecular complexity index is 370. The number of unbranched alkanes of at least 4 members (excludes halogenated alkanes) is 6. The zero-order chi connectivity index (χ0) is 17.7. The number of rotatable bonds is 11. The zero-order valence-electron chi connectivity index (χ0n) is 17.0. The lowest BCUT2D eigenvalue weighted by molar-refractivity contribution is 0.221. The van der Waals surface area contributed by atoms with Crippen LogP contribution in [0, 0.1) is 5.92 Å². The predicted molar refractivity (Wildman–Crippen MR) is 105 cm³/mol. The van der Waals surface area contributed by atoms with Crippen molar-refractivity contribution in [2.45, 2.75) is 110 Å². The molecule has 0 aromatic heterocycles. The second-order valence-electron chi connectivity index (χ2n) is 8.68. The van der Waals surface area contributed by atoms with Crippen LogP contribution in [0.2, 0.25) is 0 Å². The van der Waals surface area contributed by atoms with Gasteiger partial charge in [0.1, 0.15) is 0 Å². The van der Waals surface area contributed by atoms with Crippen LogP contribution in [0.15, 0.2) is 0 Å². The molecule has 23 heavy (non-hydrogen) atoms. The minimum absolute atomic E-state index is 0.0357. The van der Waals surface area contributed by atoms with Crippen LogP contribution in [0.1, 0.15) is 99.8 Å². The molecular formula is C20H42NOP. The Hall–Kier alpha value is 0.190. The summed E-state index contributed by atoms with van der Waals surface area (Å²) < 4.78 is 16.6. The molecule has 0 bridgehead atoms. The average molecular weight is 344 g/mol. The lowest BCUT2D eigenvalue weighted by atomic mass is 9.83. The molecule has 0 N–H and O–H groups in total. The van der Waals surface area contributed by atoms with Crippen molar-refractivity contribution < 1.29 is 4.57 Å². The second kappa shape index (κ2) is 8.52. The maximum atomic E-state index is 14.1. The predicted octanol–water partition coefficient (Wildman–Crippen LogP) is 6.93. The highest BCUT2D eigenvalue weighted by molar-refractivity contribution is 7.66. The third kappa shape index (κ3) is 3.90. The largest absolute Gasteiger partial charge is 0.305 e. The molecule has 0 spiro atoms. The molecule has 1 fully saturated rings. The van der Waals surface area contributed by atoms with Crippen LogP contribution in [0.25, 0.3) is 0 Å². The van der Waals surface area contributed by atoms with E-state index < -0.39 is 7.29 Å². The van der Waals surface area contributed by atoms with Gasteiger partial charge in [-0.3, -0.25) is 4.67 Å². The quantitative estimate of drug-likeness (QED) is 0.299.